The van der Waals surface area contributed by atoms with Crippen molar-refractivity contribution in [2.24, 2.45) is 41.1 Å². The molecule has 7 N–H and O–H groups in total. The van der Waals surface area contributed by atoms with Crippen molar-refractivity contribution in [3.63, 3.8) is 0 Å². The number of nitrogens with two attached hydrogens (primary N) is 2. The van der Waals surface area contributed by atoms with Gasteiger partial charge in [0.1, 0.15) is 24.2 Å². The Labute approximate surface area is 316 Å². The van der Waals surface area contributed by atoms with Crippen LogP contribution in [0.5, 0.6) is 5.75 Å². The Hall–Kier alpha value is -4.55. The van der Waals surface area contributed by atoms with E-state index in [0.717, 1.165) is 28.7 Å². The van der Waals surface area contributed by atoms with Crippen molar-refractivity contribution in [1.82, 2.24) is 10.6 Å². The summed E-state index contributed by atoms with van der Waals surface area (Å²) in [6, 6.07) is 8.56. The lowest BCUT2D eigenvalue weighted by atomic mass is 9.54. The topological polar surface area (TPSA) is 184 Å². The molecule has 4 fully saturated rings. The maximum absolute atomic E-state index is 13.3. The molecule has 4 aliphatic rings. The van der Waals surface area contributed by atoms with Gasteiger partial charge in [-0.2, -0.15) is 0 Å². The van der Waals surface area contributed by atoms with Crippen molar-refractivity contribution >= 4 is 52.9 Å². The zero-order valence-electron chi connectivity index (χ0n) is 30.9. The number of benzene rings is 2. The maximum Gasteiger partial charge on any atom is 0.330 e. The predicted octanol–water partition coefficient (Wildman–Crippen LogP) is 5.77. The van der Waals surface area contributed by atoms with Gasteiger partial charge in [0.2, 0.25) is 11.8 Å². The zero-order chi connectivity index (χ0) is 38.2. The van der Waals surface area contributed by atoms with Gasteiger partial charge >= 0.3 is 12.0 Å². The molecule has 0 aromatic heterocycles. The highest BCUT2D eigenvalue weighted by Gasteiger charge is 2.47. The van der Waals surface area contributed by atoms with Crippen molar-refractivity contribution < 1.29 is 33.4 Å². The minimum absolute atomic E-state index is 0.122. The first-order valence-electron chi connectivity index (χ1n) is 18.4. The highest BCUT2D eigenvalue weighted by molar-refractivity contribution is 6.34. The van der Waals surface area contributed by atoms with E-state index in [1.165, 1.54) is 50.9 Å². The normalized spacial score (nSPS) is 21.2. The predicted molar refractivity (Wildman–Crippen MR) is 204 cm³/mol. The fourth-order valence-corrected chi connectivity index (χ4v) is 8.44. The molecule has 2 aromatic rings. The van der Waals surface area contributed by atoms with Crippen molar-refractivity contribution in [3.8, 4) is 5.75 Å². The van der Waals surface area contributed by atoms with Gasteiger partial charge in [0, 0.05) is 29.4 Å². The molecule has 4 amide bonds. The number of nitrogens with one attached hydrogen (secondary N) is 3. The third kappa shape index (κ3) is 9.91. The lowest BCUT2D eigenvalue weighted by molar-refractivity contribution is -0.134. The molecule has 12 nitrogen and oxygen atoms in total. The number of halogens is 1. The average Bonchev–Trinajstić information content (AvgIpc) is 3.12. The van der Waals surface area contributed by atoms with E-state index in [2.05, 4.69) is 16.0 Å². The summed E-state index contributed by atoms with van der Waals surface area (Å²) in [5, 5.41) is 8.49. The first kappa shape index (κ1) is 39.7. The SMILES string of the molecule is COC(=O)/C=C/c1ccc(C(OC)=C2C3CC4CC(C3)CC2C4)c(Cl)c1OCc1ccc(NC(=O)[C@@H](CCCNC(N)=O)NC(=O)[C@@H](N)C(C)C)cc1. The van der Waals surface area contributed by atoms with Crippen LogP contribution in [-0.2, 0) is 30.5 Å². The lowest BCUT2D eigenvalue weighted by Gasteiger charge is -2.51. The molecule has 4 saturated carbocycles. The van der Waals surface area contributed by atoms with Crippen LogP contribution in [0.2, 0.25) is 5.02 Å². The van der Waals surface area contributed by atoms with E-state index >= 15 is 0 Å². The summed E-state index contributed by atoms with van der Waals surface area (Å²) < 4.78 is 17.3. The summed E-state index contributed by atoms with van der Waals surface area (Å²) in [5.74, 6) is 2.34. The third-order valence-electron chi connectivity index (χ3n) is 10.7. The van der Waals surface area contributed by atoms with Crippen LogP contribution >= 0.6 is 11.6 Å². The number of urea groups is 1. The number of rotatable bonds is 16. The van der Waals surface area contributed by atoms with Gasteiger partial charge in [-0.15, -0.1) is 0 Å². The molecule has 2 atom stereocenters. The van der Waals surface area contributed by atoms with Gasteiger partial charge in [-0.25, -0.2) is 9.59 Å². The highest BCUT2D eigenvalue weighted by Crippen LogP contribution is 2.58. The van der Waals surface area contributed by atoms with Gasteiger partial charge in [0.05, 0.1) is 25.3 Å². The molecule has 2 aromatic carbocycles. The molecule has 13 heteroatoms. The number of primary amides is 1. The van der Waals surface area contributed by atoms with Gasteiger partial charge in [0.15, 0.2) is 0 Å². The number of allylic oxidation sites excluding steroid dienone is 1. The van der Waals surface area contributed by atoms with Crippen LogP contribution in [-0.4, -0.2) is 56.7 Å². The number of carbonyl (C=O) groups excluding carboxylic acids is 4. The average molecular weight is 750 g/mol. The van der Waals surface area contributed by atoms with E-state index in [4.69, 9.17) is 37.3 Å². The number of anilines is 1. The Kier molecular flexibility index (Phi) is 13.5. The molecular formula is C40H52ClN5O7. The van der Waals surface area contributed by atoms with Crippen LogP contribution in [0, 0.1) is 29.6 Å². The second-order valence-corrected chi connectivity index (χ2v) is 15.1. The summed E-state index contributed by atoms with van der Waals surface area (Å²) in [6.07, 6.45) is 9.73. The number of ether oxygens (including phenoxy) is 3. The van der Waals surface area contributed by atoms with Crippen LogP contribution in [0.4, 0.5) is 10.5 Å². The third-order valence-corrected chi connectivity index (χ3v) is 11.1. The van der Waals surface area contributed by atoms with Gasteiger partial charge in [-0.3, -0.25) is 9.59 Å². The number of hydrogen-bond acceptors (Lipinski definition) is 8. The summed E-state index contributed by atoms with van der Waals surface area (Å²) in [7, 11) is 3.02. The standard InChI is InChI=1S/C40H52ClN5O7/c1-22(2)35(42)39(49)46-31(6-5-15-44-40(43)50)38(48)45-29-11-7-23(8-12-29)21-53-36-26(10-14-32(47)51-3)9-13-30(34(36)41)37(52-4)33-27-17-24-16-25(19-27)20-28(33)18-24/h7-14,22,24-25,27-28,31,35H,5-6,15-21,42H2,1-4H3,(H,45,48)(H,46,49)(H3,43,44,50)/b14-10+,37-33?/t24?,25?,27?,28?,31-,35+/m1/s1. The number of hydrogen-bond donors (Lipinski definition) is 5. The lowest BCUT2D eigenvalue weighted by Crippen LogP contribution is -2.51. The Morgan fingerprint density at radius 1 is 0.925 bits per heavy atom. The van der Waals surface area contributed by atoms with Crippen molar-refractivity contribution in [1.29, 1.82) is 0 Å². The highest BCUT2D eigenvalue weighted by atomic mass is 35.5. The molecule has 0 aliphatic heterocycles. The molecule has 0 unspecified atom stereocenters. The first-order valence-corrected chi connectivity index (χ1v) is 18.7. The minimum atomic E-state index is -0.887. The second kappa shape index (κ2) is 18.0. The number of esters is 1. The Morgan fingerprint density at radius 2 is 1.58 bits per heavy atom. The zero-order valence-corrected chi connectivity index (χ0v) is 31.7. The van der Waals surface area contributed by atoms with Crippen LogP contribution in [0.25, 0.3) is 11.8 Å². The molecule has 4 aliphatic carbocycles. The van der Waals surface area contributed by atoms with Crippen molar-refractivity contribution in [3.05, 3.63) is 69.8 Å². The Morgan fingerprint density at radius 3 is 2.17 bits per heavy atom. The molecule has 0 spiro atoms. The van der Waals surface area contributed by atoms with E-state index < -0.39 is 35.9 Å². The second-order valence-electron chi connectivity index (χ2n) is 14.7. The minimum Gasteiger partial charge on any atom is -0.496 e. The summed E-state index contributed by atoms with van der Waals surface area (Å²) in [6.45, 7) is 4.04. The monoisotopic (exact) mass is 749 g/mol. The fourth-order valence-electron chi connectivity index (χ4n) is 8.12. The molecule has 6 rings (SSSR count). The quantitative estimate of drug-likeness (QED) is 0.0620. The maximum atomic E-state index is 13.3. The van der Waals surface area contributed by atoms with E-state index in [9.17, 15) is 19.2 Å². The summed E-state index contributed by atoms with van der Waals surface area (Å²) in [5.41, 5.74) is 15.2. The van der Waals surface area contributed by atoms with Gasteiger partial charge in [0.25, 0.3) is 0 Å². The molecule has 53 heavy (non-hydrogen) atoms. The van der Waals surface area contributed by atoms with Crippen LogP contribution in [0.3, 0.4) is 0 Å². The number of carbonyl (C=O) groups is 4. The molecule has 286 valence electrons. The Balaban J connectivity index is 1.32. The number of amides is 4. The van der Waals surface area contributed by atoms with Crippen LogP contribution < -0.4 is 32.2 Å². The molecule has 0 heterocycles. The van der Waals surface area contributed by atoms with Crippen molar-refractivity contribution in [2.75, 3.05) is 26.1 Å². The van der Waals surface area contributed by atoms with Gasteiger partial charge in [-0.05, 0) is 110 Å². The fraction of sp³-hybridized carbons (Fsp3) is 0.500. The van der Waals surface area contributed by atoms with E-state index in [0.29, 0.717) is 40.3 Å². The number of methoxy groups -OCH3 is 2. The molecule has 0 radical (unpaired) electrons. The smallest absolute Gasteiger partial charge is 0.330 e. The van der Waals surface area contributed by atoms with Crippen LogP contribution in [0.15, 0.2) is 48.0 Å². The van der Waals surface area contributed by atoms with E-state index in [1.54, 1.807) is 25.3 Å². The Bertz CT molecular complexity index is 1690. The van der Waals surface area contributed by atoms with Gasteiger partial charge < -0.3 is 41.6 Å². The molecule has 0 saturated heterocycles. The first-order chi connectivity index (χ1) is 25.4. The van der Waals surface area contributed by atoms with Crippen molar-refractivity contribution in [2.45, 2.75) is 77.5 Å². The molecular weight excluding hydrogens is 698 g/mol. The summed E-state index contributed by atoms with van der Waals surface area (Å²) >= 11 is 7.16. The van der Waals surface area contributed by atoms with Gasteiger partial charge in [-0.1, -0.05) is 43.6 Å². The molecule has 4 bridgehead atoms. The van der Waals surface area contributed by atoms with Crippen LogP contribution in [0.1, 0.15) is 75.5 Å². The largest absolute Gasteiger partial charge is 0.496 e. The summed E-state index contributed by atoms with van der Waals surface area (Å²) in [4.78, 5) is 49.1. The van der Waals surface area contributed by atoms with E-state index in [1.807, 2.05) is 38.1 Å². The van der Waals surface area contributed by atoms with E-state index in [-0.39, 0.29) is 25.5 Å².